The predicted octanol–water partition coefficient (Wildman–Crippen LogP) is 1.18. The Hall–Kier alpha value is -2.04. The number of rotatable bonds is 5. The first-order chi connectivity index (χ1) is 10.9. The third kappa shape index (κ3) is 4.47. The molecule has 23 heavy (non-hydrogen) atoms. The number of carboxylic acid groups (broad SMARTS) is 1. The molecule has 0 bridgehead atoms. The molecule has 126 valence electrons. The maximum atomic E-state index is 12.1. The summed E-state index contributed by atoms with van der Waals surface area (Å²) in [4.78, 5) is 26.7. The molecule has 0 N–H and O–H groups in total. The lowest BCUT2D eigenvalue weighted by Gasteiger charge is -2.37. The maximum absolute atomic E-state index is 12.1. The summed E-state index contributed by atoms with van der Waals surface area (Å²) < 4.78 is 0. The van der Waals surface area contributed by atoms with Crippen LogP contribution in [0.15, 0.2) is 12.1 Å². The third-order valence-electron chi connectivity index (χ3n) is 4.36. The van der Waals surface area contributed by atoms with E-state index in [0.29, 0.717) is 19.5 Å². The van der Waals surface area contributed by atoms with E-state index in [-0.39, 0.29) is 18.7 Å². The lowest BCUT2D eigenvalue weighted by molar-refractivity contribution is -0.305. The van der Waals surface area contributed by atoms with Crippen LogP contribution in [-0.2, 0) is 9.59 Å². The number of anilines is 1. The lowest BCUT2D eigenvalue weighted by atomic mass is 10.0. The van der Waals surface area contributed by atoms with E-state index in [1.807, 2.05) is 4.90 Å². The number of carboxylic acids is 1. The molecule has 5 heteroatoms. The van der Waals surface area contributed by atoms with Gasteiger partial charge in [-0.3, -0.25) is 4.79 Å². The Kier molecular flexibility index (Phi) is 5.64. The minimum absolute atomic E-state index is 0.0447. The molecule has 0 saturated carbocycles. The van der Waals surface area contributed by atoms with Crippen LogP contribution in [-0.4, -0.2) is 43.0 Å². The second kappa shape index (κ2) is 7.49. The summed E-state index contributed by atoms with van der Waals surface area (Å²) in [6.07, 6.45) is 0.599. The summed E-state index contributed by atoms with van der Waals surface area (Å²) in [5, 5.41) is 10.4. The van der Waals surface area contributed by atoms with Crippen molar-refractivity contribution in [2.45, 2.75) is 40.0 Å². The van der Waals surface area contributed by atoms with E-state index in [1.165, 1.54) is 22.4 Å². The zero-order chi connectivity index (χ0) is 17.0. The molecule has 5 nitrogen and oxygen atoms in total. The van der Waals surface area contributed by atoms with Crippen molar-refractivity contribution in [3.05, 3.63) is 28.8 Å². The van der Waals surface area contributed by atoms with Crippen LogP contribution in [0.1, 0.15) is 36.0 Å². The summed E-state index contributed by atoms with van der Waals surface area (Å²) in [6.45, 7) is 9.38. The largest absolute Gasteiger partial charge is 0.550 e. The molecule has 1 aromatic carbocycles. The predicted molar refractivity (Wildman–Crippen MR) is 88.3 cm³/mol. The molecule has 0 aromatic heterocycles. The first kappa shape index (κ1) is 17.3. The van der Waals surface area contributed by atoms with E-state index in [0.717, 1.165) is 13.1 Å². The Morgan fingerprint density at radius 1 is 1.00 bits per heavy atom. The van der Waals surface area contributed by atoms with Crippen LogP contribution < -0.4 is 10.0 Å². The maximum Gasteiger partial charge on any atom is 0.222 e. The van der Waals surface area contributed by atoms with Gasteiger partial charge in [0.2, 0.25) is 5.91 Å². The first-order valence-electron chi connectivity index (χ1n) is 8.19. The fourth-order valence-electron chi connectivity index (χ4n) is 3.39. The molecule has 1 fully saturated rings. The highest BCUT2D eigenvalue weighted by Crippen LogP contribution is 2.27. The molecule has 1 saturated heterocycles. The highest BCUT2D eigenvalue weighted by atomic mass is 16.4. The number of nitrogens with zero attached hydrogens (tertiary/aromatic N) is 2. The van der Waals surface area contributed by atoms with Gasteiger partial charge >= 0.3 is 0 Å². The van der Waals surface area contributed by atoms with Gasteiger partial charge in [0, 0.05) is 44.3 Å². The van der Waals surface area contributed by atoms with Crippen molar-refractivity contribution in [1.82, 2.24) is 4.90 Å². The number of carbonyl (C=O) groups is 2. The number of hydrogen-bond donors (Lipinski definition) is 0. The standard InChI is InChI=1S/C18H26N2O3/c1-13-11-14(2)18(15(3)12-13)20-9-7-19(8-10-20)16(21)5-4-6-17(22)23/h11-12H,4-10H2,1-3H3,(H,22,23)/p-1. The van der Waals surface area contributed by atoms with Crippen LogP contribution in [0.25, 0.3) is 0 Å². The number of hydrogen-bond acceptors (Lipinski definition) is 4. The molecular formula is C18H25N2O3-. The molecule has 0 radical (unpaired) electrons. The van der Waals surface area contributed by atoms with Gasteiger partial charge in [0.25, 0.3) is 0 Å². The normalized spacial score (nSPS) is 14.9. The lowest BCUT2D eigenvalue weighted by Crippen LogP contribution is -2.49. The fraction of sp³-hybridized carbons (Fsp3) is 0.556. The monoisotopic (exact) mass is 317 g/mol. The average Bonchev–Trinajstić information content (AvgIpc) is 2.46. The van der Waals surface area contributed by atoms with E-state index >= 15 is 0 Å². The van der Waals surface area contributed by atoms with Gasteiger partial charge in [0.05, 0.1) is 0 Å². The van der Waals surface area contributed by atoms with E-state index in [9.17, 15) is 14.7 Å². The second-order valence-electron chi connectivity index (χ2n) is 6.34. The molecular weight excluding hydrogens is 292 g/mol. The van der Waals surface area contributed by atoms with E-state index in [2.05, 4.69) is 37.8 Å². The van der Waals surface area contributed by atoms with Crippen LogP contribution in [0.3, 0.4) is 0 Å². The van der Waals surface area contributed by atoms with Gasteiger partial charge < -0.3 is 19.7 Å². The first-order valence-corrected chi connectivity index (χ1v) is 8.19. The van der Waals surface area contributed by atoms with Gasteiger partial charge in [0.1, 0.15) is 0 Å². The Morgan fingerprint density at radius 3 is 2.09 bits per heavy atom. The zero-order valence-corrected chi connectivity index (χ0v) is 14.2. The van der Waals surface area contributed by atoms with Gasteiger partial charge in [-0.1, -0.05) is 17.7 Å². The van der Waals surface area contributed by atoms with Gasteiger partial charge in [-0.25, -0.2) is 0 Å². The molecule has 1 heterocycles. The second-order valence-corrected chi connectivity index (χ2v) is 6.34. The van der Waals surface area contributed by atoms with Crippen molar-refractivity contribution in [2.75, 3.05) is 31.1 Å². The summed E-state index contributed by atoms with van der Waals surface area (Å²) >= 11 is 0. The number of aliphatic carboxylic acids is 1. The molecule has 1 amide bonds. The van der Waals surface area contributed by atoms with E-state index in [4.69, 9.17) is 0 Å². The van der Waals surface area contributed by atoms with Crippen LogP contribution in [0, 0.1) is 20.8 Å². The van der Waals surface area contributed by atoms with E-state index < -0.39 is 5.97 Å². The average molecular weight is 317 g/mol. The van der Waals surface area contributed by atoms with Crippen LogP contribution in [0.4, 0.5) is 5.69 Å². The highest BCUT2D eigenvalue weighted by molar-refractivity contribution is 5.77. The summed E-state index contributed by atoms with van der Waals surface area (Å²) in [5.74, 6) is -1.05. The fourth-order valence-corrected chi connectivity index (χ4v) is 3.39. The Bertz CT molecular complexity index is 567. The van der Waals surface area contributed by atoms with Crippen LogP contribution >= 0.6 is 0 Å². The number of amides is 1. The summed E-state index contributed by atoms with van der Waals surface area (Å²) in [6, 6.07) is 4.39. The molecule has 2 rings (SSSR count). The van der Waals surface area contributed by atoms with Gasteiger partial charge in [-0.2, -0.15) is 0 Å². The molecule has 0 unspecified atom stereocenters. The van der Waals surface area contributed by atoms with Crippen LogP contribution in [0.2, 0.25) is 0 Å². The molecule has 1 aliphatic heterocycles. The van der Waals surface area contributed by atoms with Gasteiger partial charge in [-0.05, 0) is 44.7 Å². The van der Waals surface area contributed by atoms with Gasteiger partial charge in [0.15, 0.2) is 0 Å². The minimum atomic E-state index is -1.09. The third-order valence-corrected chi connectivity index (χ3v) is 4.36. The molecule has 1 aliphatic rings. The van der Waals surface area contributed by atoms with Crippen molar-refractivity contribution >= 4 is 17.6 Å². The zero-order valence-electron chi connectivity index (χ0n) is 14.2. The quantitative estimate of drug-likeness (QED) is 0.818. The van der Waals surface area contributed by atoms with Crippen molar-refractivity contribution in [3.63, 3.8) is 0 Å². The summed E-state index contributed by atoms with van der Waals surface area (Å²) in [7, 11) is 0. The van der Waals surface area contributed by atoms with Crippen molar-refractivity contribution in [3.8, 4) is 0 Å². The smallest absolute Gasteiger partial charge is 0.222 e. The van der Waals surface area contributed by atoms with Crippen LogP contribution in [0.5, 0.6) is 0 Å². The Balaban J connectivity index is 1.91. The molecule has 0 spiro atoms. The molecule has 0 atom stereocenters. The van der Waals surface area contributed by atoms with Crippen molar-refractivity contribution in [2.24, 2.45) is 0 Å². The molecule has 1 aromatic rings. The SMILES string of the molecule is Cc1cc(C)c(N2CCN(C(=O)CCCC(=O)[O-])CC2)c(C)c1. The number of benzene rings is 1. The van der Waals surface area contributed by atoms with Crippen molar-refractivity contribution in [1.29, 1.82) is 0 Å². The summed E-state index contributed by atoms with van der Waals surface area (Å²) in [5.41, 5.74) is 5.10. The topological polar surface area (TPSA) is 63.7 Å². The Morgan fingerprint density at radius 2 is 1.57 bits per heavy atom. The van der Waals surface area contributed by atoms with Gasteiger partial charge in [-0.15, -0.1) is 0 Å². The highest BCUT2D eigenvalue weighted by Gasteiger charge is 2.22. The van der Waals surface area contributed by atoms with E-state index in [1.54, 1.807) is 0 Å². The molecule has 0 aliphatic carbocycles. The number of carbonyl (C=O) groups excluding carboxylic acids is 2. The number of piperazine rings is 1. The number of aryl methyl sites for hydroxylation is 3. The minimum Gasteiger partial charge on any atom is -0.550 e. The van der Waals surface area contributed by atoms with Crippen molar-refractivity contribution < 1.29 is 14.7 Å². The Labute approximate surface area is 137 Å².